The molecule has 1 aliphatic rings. The minimum Gasteiger partial charge on any atom is -0.461 e. The Labute approximate surface area is 193 Å². The molecular formula is C25H28Cl2N2O2. The number of benzene rings is 2. The number of fused-ring (bicyclic) bond motifs is 1. The van der Waals surface area contributed by atoms with E-state index in [1.54, 1.807) is 12.1 Å². The highest BCUT2D eigenvalue weighted by Crippen LogP contribution is 2.36. The zero-order valence-corrected chi connectivity index (χ0v) is 19.7. The molecule has 1 aromatic heterocycles. The van der Waals surface area contributed by atoms with Gasteiger partial charge in [-0.15, -0.1) is 0 Å². The van der Waals surface area contributed by atoms with Crippen LogP contribution >= 0.6 is 23.2 Å². The number of carbonyl (C=O) groups excluding carboxylic acids is 1. The van der Waals surface area contributed by atoms with Gasteiger partial charge in [-0.3, -0.25) is 4.79 Å². The minimum atomic E-state index is -0.228. The summed E-state index contributed by atoms with van der Waals surface area (Å²) in [7, 11) is 0. The minimum absolute atomic E-state index is 0.0283. The predicted octanol–water partition coefficient (Wildman–Crippen LogP) is 7.01. The number of rotatable bonds is 5. The molecule has 0 N–H and O–H groups in total. The standard InChI is InChI=1S/C25H28Cl2N2O2/c1-15(2)18-10-8-16(3)12-23(18)31-24(30)14-29-22-7-5-4-6-21(22)28-25(29)17-9-11-19(26)20(27)13-17/h4-7,9,11,13,15-16,18,23H,8,10,12,14H2,1-3H3/t16?,18-,23+/m0/s1. The molecular weight excluding hydrogens is 431 g/mol. The molecule has 0 bridgehead atoms. The maximum absolute atomic E-state index is 13.1. The first-order valence-electron chi connectivity index (χ1n) is 10.9. The molecule has 0 spiro atoms. The maximum Gasteiger partial charge on any atom is 0.326 e. The second-order valence-electron chi connectivity index (χ2n) is 8.99. The lowest BCUT2D eigenvalue weighted by Gasteiger charge is -2.36. The lowest BCUT2D eigenvalue weighted by molar-refractivity contribution is -0.156. The Morgan fingerprint density at radius 3 is 2.68 bits per heavy atom. The van der Waals surface area contributed by atoms with Crippen molar-refractivity contribution in [1.82, 2.24) is 9.55 Å². The van der Waals surface area contributed by atoms with Crippen LogP contribution in [0.1, 0.15) is 40.0 Å². The number of para-hydroxylation sites is 2. The van der Waals surface area contributed by atoms with Crippen LogP contribution in [0.15, 0.2) is 42.5 Å². The fourth-order valence-corrected chi connectivity index (χ4v) is 4.97. The van der Waals surface area contributed by atoms with Crippen LogP contribution in [0.4, 0.5) is 0 Å². The Hall–Kier alpha value is -2.04. The fourth-order valence-electron chi connectivity index (χ4n) is 4.68. The Bertz CT molecular complexity index is 1090. The molecule has 3 aromatic rings. The highest BCUT2D eigenvalue weighted by atomic mass is 35.5. The molecule has 6 heteroatoms. The summed E-state index contributed by atoms with van der Waals surface area (Å²) in [4.78, 5) is 17.8. The van der Waals surface area contributed by atoms with Gasteiger partial charge in [0, 0.05) is 5.56 Å². The summed E-state index contributed by atoms with van der Waals surface area (Å²) < 4.78 is 7.97. The van der Waals surface area contributed by atoms with Crippen LogP contribution in [0.5, 0.6) is 0 Å². The van der Waals surface area contributed by atoms with E-state index in [-0.39, 0.29) is 18.6 Å². The quantitative estimate of drug-likeness (QED) is 0.386. The monoisotopic (exact) mass is 458 g/mol. The molecule has 0 amide bonds. The van der Waals surface area contributed by atoms with Crippen LogP contribution in [0, 0.1) is 17.8 Å². The number of hydrogen-bond donors (Lipinski definition) is 0. The zero-order chi connectivity index (χ0) is 22.1. The van der Waals surface area contributed by atoms with E-state index in [9.17, 15) is 4.79 Å². The number of halogens is 2. The van der Waals surface area contributed by atoms with Crippen molar-refractivity contribution >= 4 is 40.2 Å². The molecule has 1 aliphatic carbocycles. The lowest BCUT2D eigenvalue weighted by Crippen LogP contribution is -2.36. The molecule has 4 rings (SSSR count). The van der Waals surface area contributed by atoms with Crippen molar-refractivity contribution in [3.05, 3.63) is 52.5 Å². The summed E-state index contributed by atoms with van der Waals surface area (Å²) in [5, 5.41) is 0.940. The summed E-state index contributed by atoms with van der Waals surface area (Å²) in [5.74, 6) is 1.93. The summed E-state index contributed by atoms with van der Waals surface area (Å²) in [6.45, 7) is 6.77. The van der Waals surface area contributed by atoms with Crippen LogP contribution < -0.4 is 0 Å². The number of imidazole rings is 1. The van der Waals surface area contributed by atoms with E-state index < -0.39 is 0 Å². The van der Waals surface area contributed by atoms with Gasteiger partial charge in [-0.25, -0.2) is 4.98 Å². The summed E-state index contributed by atoms with van der Waals surface area (Å²) in [6.07, 6.45) is 3.21. The van der Waals surface area contributed by atoms with Gasteiger partial charge in [0.25, 0.3) is 0 Å². The van der Waals surface area contributed by atoms with Gasteiger partial charge in [0.1, 0.15) is 18.5 Å². The van der Waals surface area contributed by atoms with E-state index in [2.05, 4.69) is 20.8 Å². The van der Waals surface area contributed by atoms with Gasteiger partial charge >= 0.3 is 5.97 Å². The van der Waals surface area contributed by atoms with Crippen LogP contribution in [0.2, 0.25) is 10.0 Å². The molecule has 1 saturated carbocycles. The fraction of sp³-hybridized carbons (Fsp3) is 0.440. The lowest BCUT2D eigenvalue weighted by atomic mass is 9.75. The van der Waals surface area contributed by atoms with E-state index in [4.69, 9.17) is 32.9 Å². The zero-order valence-electron chi connectivity index (χ0n) is 18.1. The summed E-state index contributed by atoms with van der Waals surface area (Å²) >= 11 is 12.3. The highest BCUT2D eigenvalue weighted by Gasteiger charge is 2.33. The van der Waals surface area contributed by atoms with Crippen molar-refractivity contribution in [3.8, 4) is 11.4 Å². The van der Waals surface area contributed by atoms with Crippen LogP contribution in [0.3, 0.4) is 0 Å². The van der Waals surface area contributed by atoms with Gasteiger partial charge in [0.15, 0.2) is 0 Å². The molecule has 0 aliphatic heterocycles. The molecule has 0 radical (unpaired) electrons. The first kappa shape index (κ1) is 22.2. The van der Waals surface area contributed by atoms with Gasteiger partial charge in [0.2, 0.25) is 0 Å². The molecule has 2 aromatic carbocycles. The van der Waals surface area contributed by atoms with Crippen molar-refractivity contribution in [2.24, 2.45) is 17.8 Å². The average Bonchev–Trinajstić information content (AvgIpc) is 3.08. The van der Waals surface area contributed by atoms with Gasteiger partial charge in [0.05, 0.1) is 21.1 Å². The third kappa shape index (κ3) is 4.75. The molecule has 1 fully saturated rings. The number of aromatic nitrogens is 2. The average molecular weight is 459 g/mol. The van der Waals surface area contributed by atoms with Gasteiger partial charge in [-0.1, -0.05) is 62.5 Å². The van der Waals surface area contributed by atoms with Gasteiger partial charge in [-0.05, 0) is 60.9 Å². The Kier molecular flexibility index (Phi) is 6.59. The van der Waals surface area contributed by atoms with Crippen molar-refractivity contribution in [2.45, 2.75) is 52.7 Å². The summed E-state index contributed by atoms with van der Waals surface area (Å²) in [5.41, 5.74) is 2.52. The Morgan fingerprint density at radius 1 is 1.16 bits per heavy atom. The molecule has 164 valence electrons. The SMILES string of the molecule is CC1CC[C@@H](C(C)C)[C@H](OC(=O)Cn2c(-c3ccc(Cl)c(Cl)c3)nc3ccccc32)C1. The number of ether oxygens (including phenoxy) is 1. The molecule has 3 atom stereocenters. The third-order valence-electron chi connectivity index (χ3n) is 6.36. The van der Waals surface area contributed by atoms with Crippen molar-refractivity contribution in [3.63, 3.8) is 0 Å². The van der Waals surface area contributed by atoms with E-state index >= 15 is 0 Å². The topological polar surface area (TPSA) is 44.1 Å². The Balaban J connectivity index is 1.64. The summed E-state index contributed by atoms with van der Waals surface area (Å²) in [6, 6.07) is 13.2. The smallest absolute Gasteiger partial charge is 0.326 e. The number of nitrogens with zero attached hydrogens (tertiary/aromatic N) is 2. The van der Waals surface area contributed by atoms with E-state index in [1.165, 1.54) is 6.42 Å². The maximum atomic E-state index is 13.1. The van der Waals surface area contributed by atoms with E-state index in [1.807, 2.05) is 34.9 Å². The number of esters is 1. The predicted molar refractivity (Wildman–Crippen MR) is 126 cm³/mol. The van der Waals surface area contributed by atoms with Crippen molar-refractivity contribution < 1.29 is 9.53 Å². The van der Waals surface area contributed by atoms with Gasteiger partial charge < -0.3 is 9.30 Å². The second kappa shape index (κ2) is 9.22. The molecule has 1 unspecified atom stereocenters. The van der Waals surface area contributed by atoms with Crippen molar-refractivity contribution in [1.29, 1.82) is 0 Å². The molecule has 4 nitrogen and oxygen atoms in total. The van der Waals surface area contributed by atoms with Crippen LogP contribution in [-0.4, -0.2) is 21.6 Å². The first-order chi connectivity index (χ1) is 14.8. The Morgan fingerprint density at radius 2 is 1.94 bits per heavy atom. The number of carbonyl (C=O) groups is 1. The molecule has 0 saturated heterocycles. The number of hydrogen-bond acceptors (Lipinski definition) is 3. The van der Waals surface area contributed by atoms with Crippen LogP contribution in [0.25, 0.3) is 22.4 Å². The van der Waals surface area contributed by atoms with Crippen molar-refractivity contribution in [2.75, 3.05) is 0 Å². The molecule has 1 heterocycles. The first-order valence-corrected chi connectivity index (χ1v) is 11.7. The van der Waals surface area contributed by atoms with E-state index in [0.717, 1.165) is 29.4 Å². The van der Waals surface area contributed by atoms with E-state index in [0.29, 0.717) is 33.6 Å². The van der Waals surface area contributed by atoms with Gasteiger partial charge in [-0.2, -0.15) is 0 Å². The third-order valence-corrected chi connectivity index (χ3v) is 7.10. The molecule has 31 heavy (non-hydrogen) atoms. The van der Waals surface area contributed by atoms with Crippen LogP contribution in [-0.2, 0) is 16.1 Å². The second-order valence-corrected chi connectivity index (χ2v) is 9.81. The highest BCUT2D eigenvalue weighted by molar-refractivity contribution is 6.42. The largest absolute Gasteiger partial charge is 0.461 e. The normalized spacial score (nSPS) is 21.5.